The van der Waals surface area contributed by atoms with Gasteiger partial charge in [0.05, 0.1) is 11.1 Å². The summed E-state index contributed by atoms with van der Waals surface area (Å²) in [4.78, 5) is 4.25. The molecule has 7 heteroatoms. The maximum atomic E-state index is 12.6. The summed E-state index contributed by atoms with van der Waals surface area (Å²) in [7, 11) is -3.60. The average Bonchev–Trinajstić information content (AvgIpc) is 2.46. The molecule has 2 rings (SSSR count). The van der Waals surface area contributed by atoms with Crippen molar-refractivity contribution in [2.24, 2.45) is 0 Å². The predicted molar refractivity (Wildman–Crippen MR) is 95.2 cm³/mol. The molecular formula is C17H21ClN2O3S. The Morgan fingerprint density at radius 3 is 2.38 bits per heavy atom. The Morgan fingerprint density at radius 1 is 1.21 bits per heavy atom. The van der Waals surface area contributed by atoms with Crippen LogP contribution < -0.4 is 9.46 Å². The van der Waals surface area contributed by atoms with E-state index in [-0.39, 0.29) is 12.6 Å². The van der Waals surface area contributed by atoms with Crippen LogP contribution in [0.2, 0.25) is 5.15 Å². The van der Waals surface area contributed by atoms with E-state index in [2.05, 4.69) is 9.71 Å². The number of halogens is 1. The molecule has 1 atom stereocenters. The minimum atomic E-state index is -3.60. The number of pyridine rings is 1. The third kappa shape index (κ3) is 4.69. The molecule has 130 valence electrons. The Hall–Kier alpha value is -1.63. The number of ether oxygens (including phenoxy) is 1. The third-order valence-electron chi connectivity index (χ3n) is 3.47. The number of aromatic nitrogens is 1. The van der Waals surface area contributed by atoms with Crippen molar-refractivity contribution < 1.29 is 13.2 Å². The molecule has 0 aliphatic carbocycles. The number of sulfonamides is 1. The molecule has 0 aliphatic rings. The van der Waals surface area contributed by atoms with Crippen molar-refractivity contribution in [3.05, 3.63) is 52.3 Å². The average molecular weight is 369 g/mol. The van der Waals surface area contributed by atoms with Crippen LogP contribution >= 0.6 is 11.6 Å². The van der Waals surface area contributed by atoms with Crippen LogP contribution in [0.15, 0.2) is 35.4 Å². The lowest BCUT2D eigenvalue weighted by Crippen LogP contribution is -2.34. The van der Waals surface area contributed by atoms with E-state index in [0.717, 1.165) is 16.7 Å². The van der Waals surface area contributed by atoms with E-state index in [9.17, 15) is 8.42 Å². The van der Waals surface area contributed by atoms with E-state index < -0.39 is 10.0 Å². The van der Waals surface area contributed by atoms with E-state index in [1.165, 1.54) is 6.20 Å². The van der Waals surface area contributed by atoms with Gasteiger partial charge in [-0.05, 0) is 51.0 Å². The van der Waals surface area contributed by atoms with Crippen LogP contribution in [0.5, 0.6) is 5.75 Å². The highest BCUT2D eigenvalue weighted by Crippen LogP contribution is 2.21. The largest absolute Gasteiger partial charge is 0.488 e. The van der Waals surface area contributed by atoms with Gasteiger partial charge < -0.3 is 4.74 Å². The summed E-state index contributed by atoms with van der Waals surface area (Å²) >= 11 is 5.72. The van der Waals surface area contributed by atoms with E-state index in [0.29, 0.717) is 15.8 Å². The summed E-state index contributed by atoms with van der Waals surface area (Å²) in [5.41, 5.74) is 2.50. The second-order valence-corrected chi connectivity index (χ2v) is 7.92. The van der Waals surface area contributed by atoms with Crippen LogP contribution in [0, 0.1) is 20.8 Å². The number of aryl methyl sites for hydroxylation is 3. The number of benzene rings is 1. The summed E-state index contributed by atoms with van der Waals surface area (Å²) in [6.07, 6.45) is 1.15. The molecule has 24 heavy (non-hydrogen) atoms. The highest BCUT2D eigenvalue weighted by atomic mass is 35.5. The van der Waals surface area contributed by atoms with E-state index >= 15 is 0 Å². The lowest BCUT2D eigenvalue weighted by molar-refractivity contribution is 0.224. The molecule has 0 amide bonds. The fraction of sp³-hybridized carbons (Fsp3) is 0.353. The second kappa shape index (κ2) is 7.51. The number of nitrogens with zero attached hydrogens (tertiary/aromatic N) is 1. The Balaban J connectivity index is 2.06. The van der Waals surface area contributed by atoms with Gasteiger partial charge in [-0.25, -0.2) is 18.1 Å². The number of hydrogen-bond acceptors (Lipinski definition) is 4. The zero-order valence-corrected chi connectivity index (χ0v) is 15.7. The second-order valence-electron chi connectivity index (χ2n) is 5.82. The van der Waals surface area contributed by atoms with Gasteiger partial charge in [-0.2, -0.15) is 0 Å². The predicted octanol–water partition coefficient (Wildman–Crippen LogP) is 3.41. The number of nitrogens with one attached hydrogen (secondary N) is 1. The topological polar surface area (TPSA) is 68.3 Å². The molecule has 1 unspecified atom stereocenters. The molecule has 5 nitrogen and oxygen atoms in total. The Kier molecular flexibility index (Phi) is 5.85. The van der Waals surface area contributed by atoms with Crippen molar-refractivity contribution in [2.45, 2.75) is 38.7 Å². The summed E-state index contributed by atoms with van der Waals surface area (Å²) < 4.78 is 33.4. The first kappa shape index (κ1) is 18.7. The molecule has 0 saturated heterocycles. The van der Waals surface area contributed by atoms with Gasteiger partial charge in [0.2, 0.25) is 10.0 Å². The highest BCUT2D eigenvalue weighted by Gasteiger charge is 2.20. The molecule has 0 fully saturated rings. The quantitative estimate of drug-likeness (QED) is 0.793. The first-order valence-electron chi connectivity index (χ1n) is 7.55. The summed E-state index contributed by atoms with van der Waals surface area (Å²) in [6.45, 7) is 7.48. The Bertz CT molecular complexity index is 797. The van der Waals surface area contributed by atoms with Gasteiger partial charge in [-0.1, -0.05) is 29.3 Å². The highest BCUT2D eigenvalue weighted by molar-refractivity contribution is 7.89. The molecular weight excluding hydrogens is 348 g/mol. The van der Waals surface area contributed by atoms with Gasteiger partial charge in [0.1, 0.15) is 17.0 Å². The van der Waals surface area contributed by atoms with Crippen LogP contribution in [0.1, 0.15) is 23.6 Å². The molecule has 0 bridgehead atoms. The summed E-state index contributed by atoms with van der Waals surface area (Å²) in [5, 5.41) is 0.376. The van der Waals surface area contributed by atoms with Crippen LogP contribution in [-0.4, -0.2) is 26.1 Å². The maximum absolute atomic E-state index is 12.6. The van der Waals surface area contributed by atoms with Gasteiger partial charge >= 0.3 is 0 Å². The Labute approximate surface area is 148 Å². The monoisotopic (exact) mass is 368 g/mol. The molecule has 0 radical (unpaired) electrons. The van der Waals surface area contributed by atoms with Crippen molar-refractivity contribution >= 4 is 21.6 Å². The fourth-order valence-corrected chi connectivity index (χ4v) is 4.27. The molecule has 0 aliphatic heterocycles. The van der Waals surface area contributed by atoms with Gasteiger partial charge in [-0.3, -0.25) is 0 Å². The van der Waals surface area contributed by atoms with Crippen molar-refractivity contribution in [1.82, 2.24) is 9.71 Å². The molecule has 1 aromatic carbocycles. The lowest BCUT2D eigenvalue weighted by Gasteiger charge is -2.17. The fourth-order valence-electron chi connectivity index (χ4n) is 2.60. The van der Waals surface area contributed by atoms with Crippen LogP contribution in [0.25, 0.3) is 0 Å². The van der Waals surface area contributed by atoms with Crippen molar-refractivity contribution in [2.75, 3.05) is 6.54 Å². The summed E-state index contributed by atoms with van der Waals surface area (Å²) in [5.74, 6) is 0.536. The van der Waals surface area contributed by atoms with Crippen LogP contribution in [0.3, 0.4) is 0 Å². The van der Waals surface area contributed by atoms with Gasteiger partial charge in [0, 0.05) is 6.54 Å². The van der Waals surface area contributed by atoms with Gasteiger partial charge in [0.15, 0.2) is 0 Å². The first-order chi connectivity index (χ1) is 11.2. The molecule has 0 spiro atoms. The Morgan fingerprint density at radius 2 is 1.83 bits per heavy atom. The number of rotatable bonds is 6. The third-order valence-corrected chi connectivity index (χ3v) is 5.42. The minimum absolute atomic E-state index is 0.151. The SMILES string of the molecule is Cc1cc(C)c(S(=O)(=O)NCC(C)Oc2ccc(Cl)nc2)c(C)c1. The van der Waals surface area contributed by atoms with E-state index in [4.69, 9.17) is 16.3 Å². The van der Waals surface area contributed by atoms with Crippen LogP contribution in [0.4, 0.5) is 0 Å². The standard InChI is InChI=1S/C17H21ClN2O3S/c1-11-7-12(2)17(13(3)8-11)24(21,22)20-9-14(4)23-15-5-6-16(18)19-10-15/h5-8,10,14,20H,9H2,1-4H3. The van der Waals surface area contributed by atoms with Gasteiger partial charge in [-0.15, -0.1) is 0 Å². The maximum Gasteiger partial charge on any atom is 0.241 e. The van der Waals surface area contributed by atoms with Crippen molar-refractivity contribution in [3.63, 3.8) is 0 Å². The van der Waals surface area contributed by atoms with Crippen molar-refractivity contribution in [3.8, 4) is 5.75 Å². The van der Waals surface area contributed by atoms with Crippen molar-refractivity contribution in [1.29, 1.82) is 0 Å². The van der Waals surface area contributed by atoms with E-state index in [1.54, 1.807) is 32.9 Å². The molecule has 1 N–H and O–H groups in total. The number of hydrogen-bond donors (Lipinski definition) is 1. The normalized spacial score (nSPS) is 12.9. The summed E-state index contributed by atoms with van der Waals surface area (Å²) in [6, 6.07) is 7.03. The smallest absolute Gasteiger partial charge is 0.241 e. The molecule has 1 aromatic heterocycles. The molecule has 0 saturated carbocycles. The molecule has 2 aromatic rings. The lowest BCUT2D eigenvalue weighted by atomic mass is 10.1. The molecule has 1 heterocycles. The zero-order valence-electron chi connectivity index (χ0n) is 14.1. The first-order valence-corrected chi connectivity index (χ1v) is 9.41. The minimum Gasteiger partial charge on any atom is -0.488 e. The van der Waals surface area contributed by atoms with Crippen LogP contribution in [-0.2, 0) is 10.0 Å². The zero-order chi connectivity index (χ0) is 17.9. The van der Waals surface area contributed by atoms with Gasteiger partial charge in [0.25, 0.3) is 0 Å². The van der Waals surface area contributed by atoms with E-state index in [1.807, 2.05) is 19.1 Å².